The first-order valence-electron chi connectivity index (χ1n) is 7.80. The molecular weight excluding hydrogens is 334 g/mol. The zero-order valence-corrected chi connectivity index (χ0v) is 14.0. The average molecular weight is 352 g/mol. The zero-order chi connectivity index (χ0) is 17.1. The summed E-state index contributed by atoms with van der Waals surface area (Å²) in [5, 5.41) is 10.1. The van der Waals surface area contributed by atoms with Crippen LogP contribution in [0.2, 0.25) is 5.15 Å². The van der Waals surface area contributed by atoms with Gasteiger partial charge >= 0.3 is 6.09 Å². The van der Waals surface area contributed by atoms with Crippen molar-refractivity contribution in [3.63, 3.8) is 0 Å². The molecule has 3 rings (SSSR count). The van der Waals surface area contributed by atoms with E-state index in [9.17, 15) is 4.79 Å². The van der Waals surface area contributed by atoms with Crippen LogP contribution in [0.3, 0.4) is 0 Å². The van der Waals surface area contributed by atoms with Gasteiger partial charge in [-0.15, -0.1) is 0 Å². The third kappa shape index (κ3) is 3.46. The van der Waals surface area contributed by atoms with Gasteiger partial charge in [-0.25, -0.2) is 14.8 Å². The lowest BCUT2D eigenvalue weighted by atomic mass is 10.1. The van der Waals surface area contributed by atoms with Crippen LogP contribution in [0.1, 0.15) is 19.8 Å². The second kappa shape index (κ2) is 7.09. The Labute approximate surface area is 144 Å². The van der Waals surface area contributed by atoms with E-state index in [1.807, 2.05) is 6.92 Å². The fourth-order valence-electron chi connectivity index (χ4n) is 2.74. The number of benzene rings is 1. The molecule has 24 heavy (non-hydrogen) atoms. The molecule has 0 aliphatic carbocycles. The van der Waals surface area contributed by atoms with Crippen molar-refractivity contribution in [2.75, 3.05) is 19.7 Å². The van der Waals surface area contributed by atoms with Crippen LogP contribution in [0.15, 0.2) is 18.5 Å². The van der Waals surface area contributed by atoms with E-state index in [0.717, 1.165) is 0 Å². The molecule has 2 aromatic rings. The van der Waals surface area contributed by atoms with Gasteiger partial charge in [-0.3, -0.25) is 0 Å². The van der Waals surface area contributed by atoms with E-state index in [0.29, 0.717) is 60.1 Å². The van der Waals surface area contributed by atoms with Gasteiger partial charge in [0.2, 0.25) is 0 Å². The van der Waals surface area contributed by atoms with Crippen LogP contribution in [0.4, 0.5) is 4.79 Å². The van der Waals surface area contributed by atoms with Crippen LogP contribution in [0.25, 0.3) is 10.9 Å². The number of amides is 1. The largest absolute Gasteiger partial charge is 0.490 e. The normalized spacial score (nSPS) is 15.5. The highest BCUT2D eigenvalue weighted by atomic mass is 35.5. The molecule has 7 nitrogen and oxygen atoms in total. The van der Waals surface area contributed by atoms with Gasteiger partial charge < -0.3 is 19.5 Å². The summed E-state index contributed by atoms with van der Waals surface area (Å²) in [6.07, 6.45) is 1.71. The van der Waals surface area contributed by atoms with Crippen molar-refractivity contribution >= 4 is 28.6 Å². The molecular formula is C16H18ClN3O4. The van der Waals surface area contributed by atoms with Crippen LogP contribution in [-0.4, -0.2) is 51.9 Å². The molecule has 1 N–H and O–H groups in total. The number of carbonyl (C=O) groups is 1. The predicted octanol–water partition coefficient (Wildman–Crippen LogP) is 3.20. The average Bonchev–Trinajstić information content (AvgIpc) is 2.57. The Morgan fingerprint density at radius 1 is 1.33 bits per heavy atom. The highest BCUT2D eigenvalue weighted by molar-refractivity contribution is 6.34. The van der Waals surface area contributed by atoms with E-state index in [1.165, 1.54) is 11.2 Å². The van der Waals surface area contributed by atoms with Gasteiger partial charge in [0.05, 0.1) is 12.1 Å². The Hall–Kier alpha value is -2.28. The number of fused-ring (bicyclic) bond motifs is 1. The predicted molar refractivity (Wildman–Crippen MR) is 89.0 cm³/mol. The molecule has 0 radical (unpaired) electrons. The zero-order valence-electron chi connectivity index (χ0n) is 13.2. The fourth-order valence-corrected chi connectivity index (χ4v) is 2.93. The van der Waals surface area contributed by atoms with Crippen LogP contribution in [0, 0.1) is 0 Å². The summed E-state index contributed by atoms with van der Waals surface area (Å²) in [7, 11) is 0. The van der Waals surface area contributed by atoms with Crippen molar-refractivity contribution in [1.29, 1.82) is 0 Å². The van der Waals surface area contributed by atoms with E-state index >= 15 is 0 Å². The van der Waals surface area contributed by atoms with E-state index in [2.05, 4.69) is 9.97 Å². The van der Waals surface area contributed by atoms with Gasteiger partial charge in [-0.2, -0.15) is 0 Å². The number of carboxylic acid groups (broad SMARTS) is 1. The van der Waals surface area contributed by atoms with E-state index < -0.39 is 6.09 Å². The van der Waals surface area contributed by atoms with Gasteiger partial charge in [-0.05, 0) is 13.0 Å². The van der Waals surface area contributed by atoms with Crippen molar-refractivity contribution in [2.24, 2.45) is 0 Å². The van der Waals surface area contributed by atoms with Crippen LogP contribution >= 0.6 is 11.6 Å². The van der Waals surface area contributed by atoms with Crippen molar-refractivity contribution in [3.05, 3.63) is 23.6 Å². The van der Waals surface area contributed by atoms with Crippen molar-refractivity contribution < 1.29 is 19.4 Å². The number of rotatable bonds is 4. The third-order valence-corrected chi connectivity index (χ3v) is 4.26. The Morgan fingerprint density at radius 2 is 2.08 bits per heavy atom. The molecule has 1 fully saturated rings. The molecule has 0 unspecified atom stereocenters. The van der Waals surface area contributed by atoms with Crippen LogP contribution in [-0.2, 0) is 0 Å². The third-order valence-electron chi connectivity index (χ3n) is 3.96. The van der Waals surface area contributed by atoms with Crippen molar-refractivity contribution in [3.8, 4) is 11.5 Å². The van der Waals surface area contributed by atoms with Crippen LogP contribution in [0.5, 0.6) is 11.5 Å². The molecule has 1 saturated heterocycles. The minimum absolute atomic E-state index is 0.0688. The lowest BCUT2D eigenvalue weighted by Crippen LogP contribution is -2.41. The molecule has 1 aromatic heterocycles. The smallest absolute Gasteiger partial charge is 0.407 e. The summed E-state index contributed by atoms with van der Waals surface area (Å²) in [5.41, 5.74) is 0.687. The van der Waals surface area contributed by atoms with E-state index in [4.69, 9.17) is 26.2 Å². The summed E-state index contributed by atoms with van der Waals surface area (Å²) in [5.74, 6) is 1.18. The highest BCUT2D eigenvalue weighted by Crippen LogP contribution is 2.35. The number of halogens is 1. The van der Waals surface area contributed by atoms with Gasteiger partial charge in [0.15, 0.2) is 11.5 Å². The number of ether oxygens (including phenoxy) is 2. The maximum absolute atomic E-state index is 11.0. The van der Waals surface area contributed by atoms with Gasteiger partial charge in [0, 0.05) is 37.4 Å². The summed E-state index contributed by atoms with van der Waals surface area (Å²) >= 11 is 6.14. The highest BCUT2D eigenvalue weighted by Gasteiger charge is 2.24. The fraction of sp³-hybridized carbons (Fsp3) is 0.438. The quantitative estimate of drug-likeness (QED) is 0.851. The monoisotopic (exact) mass is 351 g/mol. The molecule has 2 heterocycles. The Morgan fingerprint density at radius 3 is 2.75 bits per heavy atom. The summed E-state index contributed by atoms with van der Waals surface area (Å²) < 4.78 is 11.7. The molecule has 1 aromatic carbocycles. The minimum Gasteiger partial charge on any atom is -0.490 e. The van der Waals surface area contributed by atoms with Gasteiger partial charge in [-0.1, -0.05) is 11.6 Å². The molecule has 128 valence electrons. The SMILES string of the molecule is CCOc1cc2ncnc(Cl)c2cc1OC1CCN(C(=O)O)CC1. The molecule has 0 saturated carbocycles. The molecule has 1 aliphatic rings. The van der Waals surface area contributed by atoms with Crippen molar-refractivity contribution in [1.82, 2.24) is 14.9 Å². The van der Waals surface area contributed by atoms with Crippen molar-refractivity contribution in [2.45, 2.75) is 25.9 Å². The Balaban J connectivity index is 1.84. The topological polar surface area (TPSA) is 84.8 Å². The summed E-state index contributed by atoms with van der Waals surface area (Å²) in [6.45, 7) is 3.31. The Kier molecular flexibility index (Phi) is 4.89. The number of aromatic nitrogens is 2. The lowest BCUT2D eigenvalue weighted by Gasteiger charge is -2.30. The number of hydrogen-bond acceptors (Lipinski definition) is 5. The molecule has 0 bridgehead atoms. The maximum Gasteiger partial charge on any atom is 0.407 e. The molecule has 0 atom stereocenters. The lowest BCUT2D eigenvalue weighted by molar-refractivity contribution is 0.0874. The summed E-state index contributed by atoms with van der Waals surface area (Å²) in [6, 6.07) is 3.57. The number of piperidine rings is 1. The standard InChI is InChI=1S/C16H18ClN3O4/c1-2-23-13-8-12-11(15(17)19-9-18-12)7-14(13)24-10-3-5-20(6-4-10)16(21)22/h7-10H,2-6H2,1H3,(H,21,22). The first kappa shape index (κ1) is 16.6. The van der Waals surface area contributed by atoms with E-state index in [1.54, 1.807) is 12.1 Å². The van der Waals surface area contributed by atoms with Gasteiger partial charge in [0.1, 0.15) is 17.6 Å². The second-order valence-electron chi connectivity index (χ2n) is 5.50. The van der Waals surface area contributed by atoms with E-state index in [-0.39, 0.29) is 6.10 Å². The Bertz CT molecular complexity index is 747. The first-order valence-corrected chi connectivity index (χ1v) is 8.18. The number of hydrogen-bond donors (Lipinski definition) is 1. The first-order chi connectivity index (χ1) is 11.6. The van der Waals surface area contributed by atoms with Gasteiger partial charge in [0.25, 0.3) is 0 Å². The van der Waals surface area contributed by atoms with Crippen LogP contribution < -0.4 is 9.47 Å². The maximum atomic E-state index is 11.0. The second-order valence-corrected chi connectivity index (χ2v) is 5.86. The molecule has 0 spiro atoms. The minimum atomic E-state index is -0.891. The molecule has 1 aliphatic heterocycles. The number of likely N-dealkylation sites (tertiary alicyclic amines) is 1. The number of nitrogens with zero attached hydrogens (tertiary/aromatic N) is 3. The summed E-state index contributed by atoms with van der Waals surface area (Å²) in [4.78, 5) is 20.6. The molecule has 1 amide bonds. The molecule has 8 heteroatoms.